The molecule has 0 saturated heterocycles. The summed E-state index contributed by atoms with van der Waals surface area (Å²) in [6.45, 7) is -0.0732. The molecule has 0 bridgehead atoms. The summed E-state index contributed by atoms with van der Waals surface area (Å²) in [5, 5.41) is 6.85. The van der Waals surface area contributed by atoms with Gasteiger partial charge < -0.3 is 15.4 Å². The van der Waals surface area contributed by atoms with Gasteiger partial charge in [0.05, 0.1) is 5.56 Å². The molecule has 1 aromatic heterocycles. The number of hydrogen-bond acceptors (Lipinski definition) is 4. The van der Waals surface area contributed by atoms with Crippen molar-refractivity contribution in [2.24, 2.45) is 0 Å². The third-order valence-electron chi connectivity index (χ3n) is 5.70. The summed E-state index contributed by atoms with van der Waals surface area (Å²) >= 11 is 1.55. The first-order valence-electron chi connectivity index (χ1n) is 10.6. The maximum Gasteiger partial charge on any atom is 0.262 e. The van der Waals surface area contributed by atoms with Gasteiger partial charge >= 0.3 is 0 Å². The van der Waals surface area contributed by atoms with Crippen molar-refractivity contribution in [1.29, 1.82) is 0 Å². The summed E-state index contributed by atoms with van der Waals surface area (Å²) in [6.07, 6.45) is 9.83. The Hall–Kier alpha value is -2.34. The van der Waals surface area contributed by atoms with Gasteiger partial charge in [0.15, 0.2) is 6.61 Å². The Labute approximate surface area is 175 Å². The molecule has 2 aromatic rings. The Morgan fingerprint density at radius 2 is 1.76 bits per heavy atom. The molecule has 6 heteroatoms. The summed E-state index contributed by atoms with van der Waals surface area (Å²) < 4.78 is 5.56. The zero-order valence-electron chi connectivity index (χ0n) is 16.7. The molecule has 1 saturated carbocycles. The second kappa shape index (κ2) is 9.44. The minimum absolute atomic E-state index is 0.0319. The van der Waals surface area contributed by atoms with E-state index in [0.29, 0.717) is 16.3 Å². The predicted molar refractivity (Wildman–Crippen MR) is 116 cm³/mol. The fourth-order valence-corrected chi connectivity index (χ4v) is 5.53. The van der Waals surface area contributed by atoms with Crippen molar-refractivity contribution in [1.82, 2.24) is 5.32 Å². The van der Waals surface area contributed by atoms with E-state index in [4.69, 9.17) is 4.74 Å². The van der Waals surface area contributed by atoms with Gasteiger partial charge in [-0.15, -0.1) is 11.3 Å². The van der Waals surface area contributed by atoms with E-state index in [1.165, 1.54) is 24.1 Å². The number of para-hydroxylation sites is 1. The minimum Gasteiger partial charge on any atom is -0.484 e. The van der Waals surface area contributed by atoms with Crippen LogP contribution in [0.1, 0.15) is 65.7 Å². The SMILES string of the molecule is O=C(COc1ccccc1)Nc1sc2c(c1C(=O)NC1CCCCC1)CCCC2. The number of ether oxygens (including phenoxy) is 1. The fraction of sp³-hybridized carbons (Fsp3) is 0.478. The van der Waals surface area contributed by atoms with Crippen LogP contribution < -0.4 is 15.4 Å². The number of benzene rings is 1. The smallest absolute Gasteiger partial charge is 0.262 e. The molecular weight excluding hydrogens is 384 g/mol. The van der Waals surface area contributed by atoms with Crippen LogP contribution in [-0.4, -0.2) is 24.5 Å². The molecule has 4 rings (SSSR count). The largest absolute Gasteiger partial charge is 0.484 e. The van der Waals surface area contributed by atoms with Crippen LogP contribution in [0.5, 0.6) is 5.75 Å². The highest BCUT2D eigenvalue weighted by Gasteiger charge is 2.28. The number of thiophene rings is 1. The molecule has 1 heterocycles. The third-order valence-corrected chi connectivity index (χ3v) is 6.91. The van der Waals surface area contributed by atoms with Crippen LogP contribution in [0.4, 0.5) is 5.00 Å². The molecule has 2 aliphatic carbocycles. The molecule has 0 atom stereocenters. The Morgan fingerprint density at radius 1 is 1.00 bits per heavy atom. The van der Waals surface area contributed by atoms with Gasteiger partial charge in [-0.3, -0.25) is 9.59 Å². The lowest BCUT2D eigenvalue weighted by Gasteiger charge is -2.23. The number of rotatable bonds is 6. The van der Waals surface area contributed by atoms with Crippen molar-refractivity contribution in [3.8, 4) is 5.75 Å². The van der Waals surface area contributed by atoms with Crippen molar-refractivity contribution in [3.63, 3.8) is 0 Å². The van der Waals surface area contributed by atoms with E-state index in [9.17, 15) is 9.59 Å². The second-order valence-electron chi connectivity index (χ2n) is 7.87. The van der Waals surface area contributed by atoms with Crippen LogP contribution in [0.25, 0.3) is 0 Å². The molecule has 0 aliphatic heterocycles. The van der Waals surface area contributed by atoms with Gasteiger partial charge in [0.1, 0.15) is 10.8 Å². The Balaban J connectivity index is 1.47. The molecule has 1 aromatic carbocycles. The van der Waals surface area contributed by atoms with Gasteiger partial charge in [-0.25, -0.2) is 0 Å². The number of fused-ring (bicyclic) bond motifs is 1. The number of anilines is 1. The maximum atomic E-state index is 13.1. The molecule has 5 nitrogen and oxygen atoms in total. The number of nitrogens with one attached hydrogen (secondary N) is 2. The molecule has 1 fully saturated rings. The first-order valence-corrected chi connectivity index (χ1v) is 11.5. The first kappa shape index (κ1) is 20.0. The van der Waals surface area contributed by atoms with Crippen LogP contribution >= 0.6 is 11.3 Å². The van der Waals surface area contributed by atoms with E-state index in [1.807, 2.05) is 30.3 Å². The molecule has 29 heavy (non-hydrogen) atoms. The topological polar surface area (TPSA) is 67.4 Å². The normalized spacial score (nSPS) is 16.7. The summed E-state index contributed by atoms with van der Waals surface area (Å²) in [6, 6.07) is 9.53. The molecule has 2 amide bonds. The lowest BCUT2D eigenvalue weighted by Crippen LogP contribution is -2.37. The summed E-state index contributed by atoms with van der Waals surface area (Å²) in [5.74, 6) is 0.387. The number of aryl methyl sites for hydroxylation is 1. The standard InChI is InChI=1S/C23H28N2O3S/c26-20(15-28-17-11-5-2-6-12-17)25-23-21(18-13-7-8-14-19(18)29-23)22(27)24-16-9-3-1-4-10-16/h2,5-6,11-12,16H,1,3-4,7-10,13-15H2,(H,24,27)(H,25,26). The predicted octanol–water partition coefficient (Wildman–Crippen LogP) is 4.71. The van der Waals surface area contributed by atoms with Gasteiger partial charge in [-0.1, -0.05) is 37.5 Å². The Kier molecular flexibility index (Phi) is 6.49. The van der Waals surface area contributed by atoms with Gasteiger partial charge in [0, 0.05) is 10.9 Å². The quantitative estimate of drug-likeness (QED) is 0.722. The Bertz CT molecular complexity index is 857. The molecule has 0 unspecified atom stereocenters. The molecule has 2 N–H and O–H groups in total. The molecular formula is C23H28N2O3S. The van der Waals surface area contributed by atoms with E-state index in [-0.39, 0.29) is 24.5 Å². The zero-order valence-corrected chi connectivity index (χ0v) is 17.5. The van der Waals surface area contributed by atoms with Crippen molar-refractivity contribution in [2.75, 3.05) is 11.9 Å². The fourth-order valence-electron chi connectivity index (χ4n) is 4.23. The van der Waals surface area contributed by atoms with Gasteiger partial charge in [0.25, 0.3) is 11.8 Å². The minimum atomic E-state index is -0.237. The number of hydrogen-bond donors (Lipinski definition) is 2. The first-order chi connectivity index (χ1) is 14.2. The summed E-state index contributed by atoms with van der Waals surface area (Å²) in [5.41, 5.74) is 1.82. The van der Waals surface area contributed by atoms with Gasteiger partial charge in [-0.2, -0.15) is 0 Å². The van der Waals surface area contributed by atoms with E-state index < -0.39 is 0 Å². The van der Waals surface area contributed by atoms with Gasteiger partial charge in [-0.05, 0) is 56.2 Å². The average Bonchev–Trinajstić information content (AvgIpc) is 3.11. The van der Waals surface area contributed by atoms with Crippen molar-refractivity contribution in [3.05, 3.63) is 46.3 Å². The van der Waals surface area contributed by atoms with Crippen LogP contribution in [0.2, 0.25) is 0 Å². The number of amides is 2. The number of carbonyl (C=O) groups excluding carboxylic acids is 2. The molecule has 0 spiro atoms. The maximum absolute atomic E-state index is 13.1. The van der Waals surface area contributed by atoms with E-state index in [2.05, 4.69) is 10.6 Å². The van der Waals surface area contributed by atoms with Crippen molar-refractivity contribution < 1.29 is 14.3 Å². The second-order valence-corrected chi connectivity index (χ2v) is 8.98. The Morgan fingerprint density at radius 3 is 2.55 bits per heavy atom. The van der Waals surface area contributed by atoms with E-state index in [1.54, 1.807) is 11.3 Å². The van der Waals surface area contributed by atoms with Crippen LogP contribution in [0.15, 0.2) is 30.3 Å². The van der Waals surface area contributed by atoms with Gasteiger partial charge in [0.2, 0.25) is 0 Å². The van der Waals surface area contributed by atoms with E-state index >= 15 is 0 Å². The molecule has 0 radical (unpaired) electrons. The average molecular weight is 413 g/mol. The lowest BCUT2D eigenvalue weighted by atomic mass is 9.93. The summed E-state index contributed by atoms with van der Waals surface area (Å²) in [4.78, 5) is 26.9. The number of carbonyl (C=O) groups is 2. The van der Waals surface area contributed by atoms with Crippen LogP contribution in [0.3, 0.4) is 0 Å². The highest BCUT2D eigenvalue weighted by molar-refractivity contribution is 7.17. The monoisotopic (exact) mass is 412 g/mol. The molecule has 2 aliphatic rings. The lowest BCUT2D eigenvalue weighted by molar-refractivity contribution is -0.118. The van der Waals surface area contributed by atoms with Crippen LogP contribution in [0, 0.1) is 0 Å². The van der Waals surface area contributed by atoms with E-state index in [0.717, 1.165) is 44.1 Å². The zero-order chi connectivity index (χ0) is 20.1. The van der Waals surface area contributed by atoms with Crippen molar-refractivity contribution in [2.45, 2.75) is 63.8 Å². The molecule has 154 valence electrons. The highest BCUT2D eigenvalue weighted by Crippen LogP contribution is 2.38. The summed E-state index contributed by atoms with van der Waals surface area (Å²) in [7, 11) is 0. The third kappa shape index (κ3) is 4.99. The van der Waals surface area contributed by atoms with Crippen LogP contribution in [-0.2, 0) is 17.6 Å². The highest BCUT2D eigenvalue weighted by atomic mass is 32.1. The van der Waals surface area contributed by atoms with Crippen molar-refractivity contribution >= 4 is 28.2 Å².